The van der Waals surface area contributed by atoms with Crippen LogP contribution < -0.4 is 5.32 Å². The molecule has 0 aromatic heterocycles. The summed E-state index contributed by atoms with van der Waals surface area (Å²) in [5, 5.41) is 11.8. The Labute approximate surface area is 290 Å². The molecule has 50 heavy (non-hydrogen) atoms. The summed E-state index contributed by atoms with van der Waals surface area (Å²) < 4.78 is 82.4. The summed E-state index contributed by atoms with van der Waals surface area (Å²) >= 11 is 1.70. The van der Waals surface area contributed by atoms with Crippen LogP contribution in [0.4, 0.5) is 22.0 Å². The highest BCUT2D eigenvalue weighted by molar-refractivity contribution is 7.99. The van der Waals surface area contributed by atoms with Gasteiger partial charge >= 0.3 is 0 Å². The van der Waals surface area contributed by atoms with Gasteiger partial charge in [0.15, 0.2) is 29.6 Å². The van der Waals surface area contributed by atoms with Gasteiger partial charge in [-0.05, 0) is 39.9 Å². The maximum atomic E-state index is 14.2. The molecule has 0 aliphatic carbocycles. The van der Waals surface area contributed by atoms with Crippen LogP contribution >= 0.6 is 11.8 Å². The lowest BCUT2D eigenvalue weighted by Crippen LogP contribution is -2.38. The molecular weight excluding hydrogens is 673 g/mol. The van der Waals surface area contributed by atoms with Gasteiger partial charge in [0.1, 0.15) is 5.56 Å². The highest BCUT2D eigenvalue weighted by Gasteiger charge is 2.38. The molecule has 1 heterocycles. The van der Waals surface area contributed by atoms with E-state index in [1.165, 1.54) is 0 Å². The number of hydrogen-bond donors (Lipinski definition) is 2. The van der Waals surface area contributed by atoms with Crippen molar-refractivity contribution in [1.29, 1.82) is 0 Å². The van der Waals surface area contributed by atoms with Crippen LogP contribution in [0.1, 0.15) is 51.9 Å². The summed E-state index contributed by atoms with van der Waals surface area (Å²) in [5.41, 5.74) is 2.95. The fraction of sp³-hybridized carbons (Fsp3) is 0.205. The molecule has 0 bridgehead atoms. The summed E-state index contributed by atoms with van der Waals surface area (Å²) in [6.45, 7) is 1.79. The number of halogens is 5. The Balaban J connectivity index is 1.21. The number of amides is 1. The van der Waals surface area contributed by atoms with Crippen LogP contribution in [0.3, 0.4) is 0 Å². The average Bonchev–Trinajstić information content (AvgIpc) is 3.16. The van der Waals surface area contributed by atoms with E-state index in [0.717, 1.165) is 27.1 Å². The Morgan fingerprint density at radius 1 is 0.740 bits per heavy atom. The number of benzene rings is 5. The molecule has 5 aromatic rings. The van der Waals surface area contributed by atoms with E-state index >= 15 is 0 Å². The number of carbonyl (C=O) groups excluding carboxylic acids is 1. The summed E-state index contributed by atoms with van der Waals surface area (Å²) in [7, 11) is 0. The first-order chi connectivity index (χ1) is 24.2. The van der Waals surface area contributed by atoms with E-state index in [-0.39, 0.29) is 31.3 Å². The predicted octanol–water partition coefficient (Wildman–Crippen LogP) is 9.06. The molecule has 1 saturated heterocycles. The zero-order valence-electron chi connectivity index (χ0n) is 26.7. The van der Waals surface area contributed by atoms with E-state index in [9.17, 15) is 31.9 Å². The molecule has 11 heteroatoms. The Morgan fingerprint density at radius 2 is 1.34 bits per heavy atom. The van der Waals surface area contributed by atoms with Crippen LogP contribution in [0.2, 0.25) is 0 Å². The second kappa shape index (κ2) is 15.6. The molecule has 0 unspecified atom stereocenters. The third-order valence-corrected chi connectivity index (χ3v) is 9.77. The van der Waals surface area contributed by atoms with Gasteiger partial charge in [-0.2, -0.15) is 0 Å². The normalized spacial score (nSPS) is 18.9. The van der Waals surface area contributed by atoms with Crippen molar-refractivity contribution in [3.63, 3.8) is 0 Å². The van der Waals surface area contributed by atoms with E-state index in [2.05, 4.69) is 24.4 Å². The van der Waals surface area contributed by atoms with Crippen molar-refractivity contribution in [2.45, 2.75) is 43.5 Å². The standard InChI is InChI=1S/C39H32F5NO4S/c1-22-30(21-50-28-8-3-2-4-9-28)48-39(49-37(22)25-13-11-23(20-46)12-14-25)26-17-15-24(16-18-26)29-10-6-5-7-27(29)19-45-38(47)31-32(40)34(42)36(44)35(43)33(31)41/h2-18,22,30,37,39,46H,19-21H2,1H3,(H,45,47)/t22-,30+,37+,39+/m0/s1. The smallest absolute Gasteiger partial charge is 0.257 e. The van der Waals surface area contributed by atoms with Gasteiger partial charge < -0.3 is 19.9 Å². The molecule has 6 rings (SSSR count). The second-order valence-electron chi connectivity index (χ2n) is 11.9. The van der Waals surface area contributed by atoms with Crippen molar-refractivity contribution < 1.29 is 41.3 Å². The summed E-state index contributed by atoms with van der Waals surface area (Å²) in [4.78, 5) is 13.7. The molecule has 0 saturated carbocycles. The minimum atomic E-state index is -2.34. The molecule has 1 amide bonds. The average molecular weight is 706 g/mol. The zero-order valence-corrected chi connectivity index (χ0v) is 27.5. The van der Waals surface area contributed by atoms with Crippen molar-refractivity contribution in [3.8, 4) is 11.1 Å². The topological polar surface area (TPSA) is 67.8 Å². The minimum Gasteiger partial charge on any atom is -0.392 e. The first-order valence-corrected chi connectivity index (χ1v) is 16.8. The number of thioether (sulfide) groups is 1. The Morgan fingerprint density at radius 3 is 2.00 bits per heavy atom. The number of aliphatic hydroxyl groups is 1. The fourth-order valence-corrected chi connectivity index (χ4v) is 6.94. The molecule has 1 fully saturated rings. The van der Waals surface area contributed by atoms with Gasteiger partial charge in [-0.25, -0.2) is 22.0 Å². The summed E-state index contributed by atoms with van der Waals surface area (Å²) in [6, 6.07) is 32.1. The van der Waals surface area contributed by atoms with Crippen molar-refractivity contribution in [1.82, 2.24) is 5.32 Å². The molecule has 4 atom stereocenters. The van der Waals surface area contributed by atoms with Crippen LogP contribution in [-0.2, 0) is 22.6 Å². The minimum absolute atomic E-state index is 0.00800. The Hall–Kier alpha value is -4.55. The third kappa shape index (κ3) is 7.46. The van der Waals surface area contributed by atoms with Crippen LogP contribution in [0.25, 0.3) is 11.1 Å². The van der Waals surface area contributed by atoms with E-state index in [4.69, 9.17) is 9.47 Å². The van der Waals surface area contributed by atoms with Crippen LogP contribution in [-0.4, -0.2) is 22.9 Å². The highest BCUT2D eigenvalue weighted by Crippen LogP contribution is 2.43. The largest absolute Gasteiger partial charge is 0.392 e. The SMILES string of the molecule is C[C@H]1[C@@H](CSc2ccccc2)O[C@@H](c2ccc(-c3ccccc3CNC(=O)c3c(F)c(F)c(F)c(F)c3F)cc2)O[C@H]1c1ccc(CO)cc1. The quantitative estimate of drug-likeness (QED) is 0.0657. The fourth-order valence-electron chi connectivity index (χ4n) is 5.85. The molecule has 0 spiro atoms. The van der Waals surface area contributed by atoms with E-state index in [1.54, 1.807) is 36.0 Å². The van der Waals surface area contributed by atoms with Crippen molar-refractivity contribution in [2.75, 3.05) is 5.75 Å². The lowest BCUT2D eigenvalue weighted by atomic mass is 9.91. The Bertz CT molecular complexity index is 1930. The molecule has 5 aromatic carbocycles. The zero-order chi connectivity index (χ0) is 35.4. The van der Waals surface area contributed by atoms with E-state index in [0.29, 0.717) is 16.9 Å². The number of carbonyl (C=O) groups is 1. The maximum absolute atomic E-state index is 14.2. The molecular formula is C39H32F5NO4S. The van der Waals surface area contributed by atoms with Crippen LogP contribution in [0, 0.1) is 35.0 Å². The number of rotatable bonds is 10. The predicted molar refractivity (Wildman–Crippen MR) is 179 cm³/mol. The van der Waals surface area contributed by atoms with E-state index < -0.39 is 46.8 Å². The number of ether oxygens (including phenoxy) is 2. The molecule has 5 nitrogen and oxygen atoms in total. The van der Waals surface area contributed by atoms with Gasteiger partial charge in [-0.3, -0.25) is 4.79 Å². The maximum Gasteiger partial charge on any atom is 0.257 e. The lowest BCUT2D eigenvalue weighted by molar-refractivity contribution is -0.268. The molecule has 258 valence electrons. The molecule has 2 N–H and O–H groups in total. The first kappa shape index (κ1) is 35.3. The van der Waals surface area contributed by atoms with Gasteiger partial charge in [-0.1, -0.05) is 97.9 Å². The van der Waals surface area contributed by atoms with Gasteiger partial charge in [-0.15, -0.1) is 11.8 Å². The first-order valence-electron chi connectivity index (χ1n) is 15.8. The third-order valence-electron chi connectivity index (χ3n) is 8.67. The molecule has 0 radical (unpaired) electrons. The number of nitrogens with one attached hydrogen (secondary N) is 1. The summed E-state index contributed by atoms with van der Waals surface area (Å²) in [6.07, 6.45) is -1.15. The number of hydrogen-bond acceptors (Lipinski definition) is 5. The monoisotopic (exact) mass is 705 g/mol. The van der Waals surface area contributed by atoms with Gasteiger partial charge in [0, 0.05) is 28.7 Å². The van der Waals surface area contributed by atoms with E-state index in [1.807, 2.05) is 66.7 Å². The van der Waals surface area contributed by atoms with Crippen LogP contribution in [0.5, 0.6) is 0 Å². The molecule has 1 aliphatic rings. The van der Waals surface area contributed by atoms with Gasteiger partial charge in [0.05, 0.1) is 18.8 Å². The van der Waals surface area contributed by atoms with Gasteiger partial charge in [0.2, 0.25) is 5.82 Å². The van der Waals surface area contributed by atoms with Crippen LogP contribution in [0.15, 0.2) is 108 Å². The Kier molecular flexibility index (Phi) is 11.0. The highest BCUT2D eigenvalue weighted by atomic mass is 32.2. The van der Waals surface area contributed by atoms with Crippen molar-refractivity contribution >= 4 is 17.7 Å². The lowest BCUT2D eigenvalue weighted by Gasteiger charge is -2.41. The van der Waals surface area contributed by atoms with Crippen molar-refractivity contribution in [2.24, 2.45) is 5.92 Å². The summed E-state index contributed by atoms with van der Waals surface area (Å²) in [5.74, 6) is -11.9. The van der Waals surface area contributed by atoms with Crippen molar-refractivity contribution in [3.05, 3.63) is 160 Å². The second-order valence-corrected chi connectivity index (χ2v) is 12.9. The van der Waals surface area contributed by atoms with Gasteiger partial charge in [0.25, 0.3) is 5.91 Å². The molecule has 1 aliphatic heterocycles. The number of aliphatic hydroxyl groups excluding tert-OH is 1.